The number of nitrogens with one attached hydrogen (secondary N) is 2. The molecule has 0 unspecified atom stereocenters. The van der Waals surface area contributed by atoms with E-state index in [1.807, 2.05) is 24.6 Å². The van der Waals surface area contributed by atoms with Crippen molar-refractivity contribution < 1.29 is 0 Å². The fraction of sp³-hybridized carbons (Fsp3) is 0.143. The van der Waals surface area contributed by atoms with E-state index in [1.165, 1.54) is 0 Å². The highest BCUT2D eigenvalue weighted by atomic mass is 15.7. The quantitative estimate of drug-likeness (QED) is 0.521. The van der Waals surface area contributed by atoms with E-state index in [0.29, 0.717) is 6.54 Å². The molecule has 3 heteroatoms. The zero-order valence-electron chi connectivity index (χ0n) is 5.54. The summed E-state index contributed by atoms with van der Waals surface area (Å²) in [7, 11) is 0. The molecule has 0 spiro atoms. The lowest BCUT2D eigenvalue weighted by atomic mass is 10.5. The highest BCUT2D eigenvalue weighted by molar-refractivity contribution is 5.04. The van der Waals surface area contributed by atoms with Gasteiger partial charge in [-0.15, -0.1) is 6.42 Å². The second kappa shape index (κ2) is 3.59. The van der Waals surface area contributed by atoms with Gasteiger partial charge in [-0.1, -0.05) is 5.92 Å². The van der Waals surface area contributed by atoms with Crippen molar-refractivity contribution in [1.82, 2.24) is 16.0 Å². The minimum atomic E-state index is 0.519. The monoisotopic (exact) mass is 135 g/mol. The molecule has 1 aliphatic rings. The Morgan fingerprint density at radius 1 is 1.60 bits per heavy atom. The Labute approximate surface area is 60.3 Å². The van der Waals surface area contributed by atoms with Crippen LogP contribution in [0.4, 0.5) is 0 Å². The number of allylic oxidation sites excluding steroid dienone is 2. The van der Waals surface area contributed by atoms with Gasteiger partial charge in [0.05, 0.1) is 6.54 Å². The van der Waals surface area contributed by atoms with E-state index in [-0.39, 0.29) is 0 Å². The van der Waals surface area contributed by atoms with E-state index >= 15 is 0 Å². The van der Waals surface area contributed by atoms with Crippen LogP contribution in [0.25, 0.3) is 0 Å². The summed E-state index contributed by atoms with van der Waals surface area (Å²) in [4.78, 5) is 0. The molecule has 0 aliphatic carbocycles. The van der Waals surface area contributed by atoms with Crippen molar-refractivity contribution in [3.05, 3.63) is 24.6 Å². The van der Waals surface area contributed by atoms with Crippen LogP contribution < -0.4 is 10.9 Å². The highest BCUT2D eigenvalue weighted by Crippen LogP contribution is 1.86. The Kier molecular flexibility index (Phi) is 2.41. The Morgan fingerprint density at radius 3 is 3.10 bits per heavy atom. The van der Waals surface area contributed by atoms with Gasteiger partial charge in [0.15, 0.2) is 0 Å². The number of hydrazine groups is 2. The molecule has 0 fully saturated rings. The molecule has 1 rings (SSSR count). The predicted molar refractivity (Wildman–Crippen MR) is 40.1 cm³/mol. The Balaban J connectivity index is 2.25. The molecule has 0 amide bonds. The topological polar surface area (TPSA) is 27.3 Å². The summed E-state index contributed by atoms with van der Waals surface area (Å²) in [5, 5.41) is 1.69. The maximum absolute atomic E-state index is 5.04. The van der Waals surface area contributed by atoms with E-state index in [2.05, 4.69) is 16.8 Å². The van der Waals surface area contributed by atoms with Gasteiger partial charge in [0.1, 0.15) is 0 Å². The molecule has 0 aromatic rings. The first-order valence-electron chi connectivity index (χ1n) is 2.99. The van der Waals surface area contributed by atoms with Gasteiger partial charge in [-0.3, -0.25) is 5.43 Å². The van der Waals surface area contributed by atoms with Crippen molar-refractivity contribution in [2.24, 2.45) is 0 Å². The van der Waals surface area contributed by atoms with Crippen LogP contribution in [0, 0.1) is 12.3 Å². The van der Waals surface area contributed by atoms with Crippen LogP contribution in [-0.4, -0.2) is 11.7 Å². The van der Waals surface area contributed by atoms with Crippen molar-refractivity contribution in [3.63, 3.8) is 0 Å². The maximum Gasteiger partial charge on any atom is 0.0778 e. The molecule has 3 nitrogen and oxygen atoms in total. The van der Waals surface area contributed by atoms with Crippen molar-refractivity contribution >= 4 is 0 Å². The van der Waals surface area contributed by atoms with Gasteiger partial charge >= 0.3 is 0 Å². The number of hydrogen-bond acceptors (Lipinski definition) is 3. The molecule has 0 aromatic heterocycles. The standard InChI is InChI=1S/C7H9N3/c1-2-5-8-10-7-4-3-6-9-10/h1,3-4,6-9H,5H2. The van der Waals surface area contributed by atoms with E-state index in [0.717, 1.165) is 0 Å². The van der Waals surface area contributed by atoms with Gasteiger partial charge in [-0.2, -0.15) is 0 Å². The zero-order valence-corrected chi connectivity index (χ0v) is 5.54. The molecule has 0 bridgehead atoms. The molecule has 0 saturated carbocycles. The lowest BCUT2D eigenvalue weighted by Gasteiger charge is -2.21. The van der Waals surface area contributed by atoms with Crippen molar-refractivity contribution in [2.45, 2.75) is 0 Å². The molecule has 1 heterocycles. The number of rotatable bonds is 2. The van der Waals surface area contributed by atoms with Crippen molar-refractivity contribution in [1.29, 1.82) is 0 Å². The van der Waals surface area contributed by atoms with Crippen LogP contribution in [-0.2, 0) is 0 Å². The summed E-state index contributed by atoms with van der Waals surface area (Å²) in [6.45, 7) is 0.519. The van der Waals surface area contributed by atoms with Crippen LogP contribution in [0.5, 0.6) is 0 Å². The third-order valence-corrected chi connectivity index (χ3v) is 1.01. The van der Waals surface area contributed by atoms with Crippen LogP contribution in [0.3, 0.4) is 0 Å². The smallest absolute Gasteiger partial charge is 0.0778 e. The first-order chi connectivity index (χ1) is 4.93. The predicted octanol–water partition coefficient (Wildman–Crippen LogP) is -0.0282. The third-order valence-electron chi connectivity index (χ3n) is 1.01. The molecule has 0 atom stereocenters. The van der Waals surface area contributed by atoms with Gasteiger partial charge in [0, 0.05) is 12.4 Å². The molecule has 0 aromatic carbocycles. The minimum Gasteiger partial charge on any atom is -0.292 e. The average molecular weight is 135 g/mol. The molecule has 2 N–H and O–H groups in total. The lowest BCUT2D eigenvalue weighted by Crippen LogP contribution is -2.42. The largest absolute Gasteiger partial charge is 0.292 e. The van der Waals surface area contributed by atoms with Crippen LogP contribution in [0.15, 0.2) is 24.6 Å². The SMILES string of the molecule is C#CCNN1C=CC=CN1. The molecule has 1 aliphatic heterocycles. The minimum absolute atomic E-state index is 0.519. The van der Waals surface area contributed by atoms with Crippen LogP contribution in [0.2, 0.25) is 0 Å². The summed E-state index contributed by atoms with van der Waals surface area (Å²) in [6.07, 6.45) is 12.5. The van der Waals surface area contributed by atoms with E-state index < -0.39 is 0 Å². The van der Waals surface area contributed by atoms with Gasteiger partial charge in [0.2, 0.25) is 0 Å². The number of nitrogens with zero attached hydrogens (tertiary/aromatic N) is 1. The summed E-state index contributed by atoms with van der Waals surface area (Å²) in [5.74, 6) is 2.46. The maximum atomic E-state index is 5.04. The Hall–Kier alpha value is -1.40. The molecule has 0 radical (unpaired) electrons. The molecular weight excluding hydrogens is 126 g/mol. The van der Waals surface area contributed by atoms with Gasteiger partial charge < -0.3 is 0 Å². The molecule has 52 valence electrons. The third kappa shape index (κ3) is 1.84. The summed E-state index contributed by atoms with van der Waals surface area (Å²) in [5.41, 5.74) is 5.83. The second-order valence-electron chi connectivity index (χ2n) is 1.74. The van der Waals surface area contributed by atoms with Gasteiger partial charge in [0.25, 0.3) is 0 Å². The van der Waals surface area contributed by atoms with E-state index in [4.69, 9.17) is 6.42 Å². The second-order valence-corrected chi connectivity index (χ2v) is 1.74. The summed E-state index contributed by atoms with van der Waals surface area (Å²) >= 11 is 0. The number of terminal acetylenes is 1. The fourth-order valence-electron chi connectivity index (χ4n) is 0.587. The average Bonchev–Trinajstić information content (AvgIpc) is 2.03. The Morgan fingerprint density at radius 2 is 2.50 bits per heavy atom. The summed E-state index contributed by atoms with van der Waals surface area (Å²) < 4.78 is 0. The van der Waals surface area contributed by atoms with Crippen molar-refractivity contribution in [3.8, 4) is 12.3 Å². The van der Waals surface area contributed by atoms with Gasteiger partial charge in [-0.05, 0) is 12.2 Å². The first-order valence-corrected chi connectivity index (χ1v) is 2.99. The lowest BCUT2D eigenvalue weighted by molar-refractivity contribution is 0.229. The van der Waals surface area contributed by atoms with Gasteiger partial charge in [-0.25, -0.2) is 10.5 Å². The molecule has 10 heavy (non-hydrogen) atoms. The molecule has 0 saturated heterocycles. The fourth-order valence-corrected chi connectivity index (χ4v) is 0.587. The van der Waals surface area contributed by atoms with Crippen LogP contribution in [0.1, 0.15) is 0 Å². The number of hydrogen-bond donors (Lipinski definition) is 2. The zero-order chi connectivity index (χ0) is 7.23. The first kappa shape index (κ1) is 6.72. The van der Waals surface area contributed by atoms with E-state index in [9.17, 15) is 0 Å². The molecular formula is C7H9N3. The highest BCUT2D eigenvalue weighted by Gasteiger charge is 1.92. The Bertz CT molecular complexity index is 188. The van der Waals surface area contributed by atoms with Crippen LogP contribution >= 0.6 is 0 Å². The van der Waals surface area contributed by atoms with E-state index in [1.54, 1.807) is 5.12 Å². The van der Waals surface area contributed by atoms with Crippen molar-refractivity contribution in [2.75, 3.05) is 6.54 Å². The normalized spacial score (nSPS) is 14.5. The summed E-state index contributed by atoms with van der Waals surface area (Å²) in [6, 6.07) is 0.